The number of carbonyl (C=O) groups excluding carboxylic acids is 1. The van der Waals surface area contributed by atoms with Gasteiger partial charge in [0.25, 0.3) is 0 Å². The molecule has 0 unspecified atom stereocenters. The van der Waals surface area contributed by atoms with Gasteiger partial charge in [0.05, 0.1) is 12.6 Å². The quantitative estimate of drug-likeness (QED) is 0.768. The Morgan fingerprint density at radius 3 is 3.00 bits per heavy atom. The third-order valence-electron chi connectivity index (χ3n) is 2.74. The third-order valence-corrected chi connectivity index (χ3v) is 2.74. The van der Waals surface area contributed by atoms with E-state index >= 15 is 0 Å². The van der Waals surface area contributed by atoms with Crippen molar-refractivity contribution < 1.29 is 9.53 Å². The topological polar surface area (TPSA) is 81.6 Å². The van der Waals surface area contributed by atoms with E-state index in [9.17, 15) is 4.79 Å². The molecule has 0 amide bonds. The van der Waals surface area contributed by atoms with Gasteiger partial charge in [0.15, 0.2) is 5.69 Å². The summed E-state index contributed by atoms with van der Waals surface area (Å²) in [6, 6.07) is 5.37. The maximum Gasteiger partial charge on any atom is 0.358 e. The van der Waals surface area contributed by atoms with Crippen molar-refractivity contribution in [2.75, 3.05) is 26.4 Å². The number of pyridine rings is 1. The number of hydrogen-bond acceptors (Lipinski definition) is 5. The summed E-state index contributed by atoms with van der Waals surface area (Å²) in [5, 5.41) is 3.04. The average molecular weight is 248 g/mol. The summed E-state index contributed by atoms with van der Waals surface area (Å²) in [6.07, 6.45) is 0.683. The number of hydrogen-bond donors (Lipinski definition) is 2. The Balaban J connectivity index is 2.60. The molecule has 0 spiro atoms. The summed E-state index contributed by atoms with van der Waals surface area (Å²) < 4.78 is 6.51. The Morgan fingerprint density at radius 1 is 1.56 bits per heavy atom. The molecule has 6 heteroatoms. The zero-order valence-corrected chi connectivity index (χ0v) is 10.4. The molecule has 0 atom stereocenters. The van der Waals surface area contributed by atoms with Crippen LogP contribution < -0.4 is 11.1 Å². The first-order chi connectivity index (χ1) is 8.69. The van der Waals surface area contributed by atoms with Crippen LogP contribution in [0.25, 0.3) is 5.52 Å². The molecule has 0 aliphatic heterocycles. The van der Waals surface area contributed by atoms with E-state index in [1.54, 1.807) is 22.6 Å². The van der Waals surface area contributed by atoms with E-state index in [4.69, 9.17) is 10.5 Å². The van der Waals surface area contributed by atoms with Crippen LogP contribution in [0.1, 0.15) is 16.3 Å². The molecule has 0 aromatic carbocycles. The molecule has 2 aromatic heterocycles. The van der Waals surface area contributed by atoms with Gasteiger partial charge in [-0.3, -0.25) is 4.40 Å². The van der Waals surface area contributed by atoms with Crippen molar-refractivity contribution >= 4 is 17.3 Å². The van der Waals surface area contributed by atoms with Crippen molar-refractivity contribution in [3.63, 3.8) is 0 Å². The molecule has 2 heterocycles. The van der Waals surface area contributed by atoms with Crippen LogP contribution in [0.2, 0.25) is 0 Å². The van der Waals surface area contributed by atoms with Gasteiger partial charge in [-0.05, 0) is 19.2 Å². The lowest BCUT2D eigenvalue weighted by molar-refractivity contribution is 0.0597. The molecule has 2 rings (SSSR count). The van der Waals surface area contributed by atoms with Gasteiger partial charge in [-0.1, -0.05) is 6.07 Å². The molecular formula is C12H16N4O2. The molecule has 18 heavy (non-hydrogen) atoms. The Kier molecular flexibility index (Phi) is 3.47. The smallest absolute Gasteiger partial charge is 0.358 e. The average Bonchev–Trinajstić information content (AvgIpc) is 2.75. The van der Waals surface area contributed by atoms with Crippen LogP contribution in [0.5, 0.6) is 0 Å². The highest BCUT2D eigenvalue weighted by Gasteiger charge is 2.18. The minimum atomic E-state index is -0.450. The maximum absolute atomic E-state index is 11.7. The second-order valence-corrected chi connectivity index (χ2v) is 3.89. The number of methoxy groups -OCH3 is 1. The molecule has 2 aromatic rings. The van der Waals surface area contributed by atoms with Crippen molar-refractivity contribution in [1.29, 1.82) is 0 Å². The number of esters is 1. The highest BCUT2D eigenvalue weighted by atomic mass is 16.5. The second kappa shape index (κ2) is 5.05. The number of anilines is 1. The lowest BCUT2D eigenvalue weighted by atomic mass is 10.3. The van der Waals surface area contributed by atoms with Crippen molar-refractivity contribution in [3.8, 4) is 0 Å². The van der Waals surface area contributed by atoms with Crippen molar-refractivity contribution in [2.45, 2.75) is 6.42 Å². The number of ether oxygens (including phenoxy) is 1. The zero-order chi connectivity index (χ0) is 13.1. The minimum absolute atomic E-state index is 0.302. The summed E-state index contributed by atoms with van der Waals surface area (Å²) in [4.78, 5) is 16.0. The van der Waals surface area contributed by atoms with Crippen molar-refractivity contribution in [2.24, 2.45) is 0 Å². The zero-order valence-electron chi connectivity index (χ0n) is 10.4. The van der Waals surface area contributed by atoms with Gasteiger partial charge < -0.3 is 15.8 Å². The third kappa shape index (κ3) is 2.02. The van der Waals surface area contributed by atoms with Crippen LogP contribution in [0.15, 0.2) is 18.2 Å². The predicted octanol–water partition coefficient (Wildman–Crippen LogP) is 0.465. The van der Waals surface area contributed by atoms with E-state index in [0.717, 1.165) is 12.4 Å². The minimum Gasteiger partial charge on any atom is -0.464 e. The molecule has 0 aliphatic rings. The van der Waals surface area contributed by atoms with E-state index < -0.39 is 5.97 Å². The van der Waals surface area contributed by atoms with Crippen LogP contribution in [0, 0.1) is 0 Å². The number of imidazole rings is 1. The highest BCUT2D eigenvalue weighted by molar-refractivity contribution is 5.95. The standard InChI is InChI=1S/C12H16N4O2/c1-14-7-6-10-15-11(12(17)18-2)8-4-3-5-9(13)16(8)10/h3-5,14H,6-7,13H2,1-2H3. The van der Waals surface area contributed by atoms with E-state index in [1.807, 2.05) is 7.05 Å². The Labute approximate surface area is 105 Å². The van der Waals surface area contributed by atoms with E-state index in [2.05, 4.69) is 10.3 Å². The normalized spacial score (nSPS) is 10.8. The van der Waals surface area contributed by atoms with Gasteiger partial charge in [-0.15, -0.1) is 0 Å². The number of carbonyl (C=O) groups is 1. The summed E-state index contributed by atoms with van der Waals surface area (Å²) in [6.45, 7) is 0.758. The Bertz CT molecular complexity index is 577. The first-order valence-electron chi connectivity index (χ1n) is 5.67. The number of aromatic nitrogens is 2. The predicted molar refractivity (Wildman–Crippen MR) is 68.6 cm³/mol. The van der Waals surface area contributed by atoms with Gasteiger partial charge in [0, 0.05) is 13.0 Å². The second-order valence-electron chi connectivity index (χ2n) is 3.89. The fourth-order valence-corrected chi connectivity index (χ4v) is 1.89. The summed E-state index contributed by atoms with van der Waals surface area (Å²) in [5.74, 6) is 0.855. The lowest BCUT2D eigenvalue weighted by Crippen LogP contribution is -2.13. The molecule has 3 N–H and O–H groups in total. The largest absolute Gasteiger partial charge is 0.464 e. The van der Waals surface area contributed by atoms with E-state index in [0.29, 0.717) is 23.4 Å². The first-order valence-corrected chi connectivity index (χ1v) is 5.67. The van der Waals surface area contributed by atoms with Crippen molar-refractivity contribution in [3.05, 3.63) is 29.7 Å². The molecule has 96 valence electrons. The number of likely N-dealkylation sites (N-methyl/N-ethyl adjacent to an activating group) is 1. The molecular weight excluding hydrogens is 232 g/mol. The Hall–Kier alpha value is -2.08. The van der Waals surface area contributed by atoms with Gasteiger partial charge in [0.1, 0.15) is 11.6 Å². The number of nitrogens with zero attached hydrogens (tertiary/aromatic N) is 2. The lowest BCUT2D eigenvalue weighted by Gasteiger charge is -2.04. The fraction of sp³-hybridized carbons (Fsp3) is 0.333. The molecule has 6 nitrogen and oxygen atoms in total. The monoisotopic (exact) mass is 248 g/mol. The van der Waals surface area contributed by atoms with Gasteiger partial charge in [-0.25, -0.2) is 9.78 Å². The van der Waals surface area contributed by atoms with Crippen LogP contribution in [-0.2, 0) is 11.2 Å². The summed E-state index contributed by atoms with van der Waals surface area (Å²) >= 11 is 0. The van der Waals surface area contributed by atoms with Gasteiger partial charge in [-0.2, -0.15) is 0 Å². The van der Waals surface area contributed by atoms with Crippen LogP contribution >= 0.6 is 0 Å². The number of fused-ring (bicyclic) bond motifs is 1. The first kappa shape index (κ1) is 12.4. The van der Waals surface area contributed by atoms with Crippen molar-refractivity contribution in [1.82, 2.24) is 14.7 Å². The van der Waals surface area contributed by atoms with E-state index in [-0.39, 0.29) is 0 Å². The molecule has 0 radical (unpaired) electrons. The molecule has 0 saturated carbocycles. The summed E-state index contributed by atoms with van der Waals surface area (Å²) in [7, 11) is 3.20. The maximum atomic E-state index is 11.7. The van der Waals surface area contributed by atoms with Crippen LogP contribution in [0.3, 0.4) is 0 Å². The molecule has 0 saturated heterocycles. The number of rotatable bonds is 4. The van der Waals surface area contributed by atoms with Crippen LogP contribution in [-0.4, -0.2) is 36.1 Å². The van der Waals surface area contributed by atoms with Gasteiger partial charge in [0.2, 0.25) is 0 Å². The SMILES string of the molecule is CNCCc1nc(C(=O)OC)c2cccc(N)n12. The van der Waals surface area contributed by atoms with E-state index in [1.165, 1.54) is 7.11 Å². The number of nitrogen functional groups attached to an aromatic ring is 1. The van der Waals surface area contributed by atoms with Gasteiger partial charge >= 0.3 is 5.97 Å². The number of nitrogens with one attached hydrogen (secondary N) is 1. The number of nitrogens with two attached hydrogens (primary N) is 1. The van der Waals surface area contributed by atoms with Crippen LogP contribution in [0.4, 0.5) is 5.82 Å². The fourth-order valence-electron chi connectivity index (χ4n) is 1.89. The molecule has 0 aliphatic carbocycles. The molecule has 0 bridgehead atoms. The summed E-state index contributed by atoms with van der Waals surface area (Å²) in [5.41, 5.74) is 6.91. The highest BCUT2D eigenvalue weighted by Crippen LogP contribution is 2.18. The Morgan fingerprint density at radius 2 is 2.33 bits per heavy atom. The molecule has 0 fully saturated rings.